The second-order valence-corrected chi connectivity index (χ2v) is 10.5. The topological polar surface area (TPSA) is 52.6 Å². The summed E-state index contributed by atoms with van der Waals surface area (Å²) in [5, 5.41) is 0. The summed E-state index contributed by atoms with van der Waals surface area (Å²) >= 11 is 0. The zero-order valence-corrected chi connectivity index (χ0v) is 23.7. The van der Waals surface area contributed by atoms with Gasteiger partial charge in [-0.3, -0.25) is 9.59 Å². The van der Waals surface area contributed by atoms with Crippen LogP contribution in [0.1, 0.15) is 173 Å². The molecule has 0 aromatic carbocycles. The summed E-state index contributed by atoms with van der Waals surface area (Å²) in [4.78, 5) is 22.1. The van der Waals surface area contributed by atoms with Crippen LogP contribution >= 0.6 is 0 Å². The maximum Gasteiger partial charge on any atom is 0.305 e. The summed E-state index contributed by atoms with van der Waals surface area (Å²) in [6, 6.07) is 0. The van der Waals surface area contributed by atoms with Gasteiger partial charge in [0, 0.05) is 12.8 Å². The van der Waals surface area contributed by atoms with Crippen molar-refractivity contribution in [1.82, 2.24) is 0 Å². The van der Waals surface area contributed by atoms with Gasteiger partial charge in [-0.05, 0) is 12.8 Å². The molecule has 0 aliphatic rings. The molecule has 0 aliphatic carbocycles. The van der Waals surface area contributed by atoms with Gasteiger partial charge in [-0.2, -0.15) is 0 Å². The van der Waals surface area contributed by atoms with Gasteiger partial charge in [-0.1, -0.05) is 148 Å². The number of carbonyl (C=O) groups is 2. The smallest absolute Gasteiger partial charge is 0.305 e. The highest BCUT2D eigenvalue weighted by Crippen LogP contribution is 2.16. The van der Waals surface area contributed by atoms with Gasteiger partial charge in [0.2, 0.25) is 0 Å². The van der Waals surface area contributed by atoms with Crippen LogP contribution < -0.4 is 0 Å². The molecule has 0 aliphatic heterocycles. The van der Waals surface area contributed by atoms with Crippen molar-refractivity contribution < 1.29 is 19.1 Å². The van der Waals surface area contributed by atoms with Crippen molar-refractivity contribution in [3.63, 3.8) is 0 Å². The normalized spacial score (nSPS) is 11.0. The first-order chi connectivity index (χ1) is 17.2. The largest absolute Gasteiger partial charge is 0.469 e. The zero-order chi connectivity index (χ0) is 25.7. The van der Waals surface area contributed by atoms with Crippen LogP contribution in [0, 0.1) is 0 Å². The van der Waals surface area contributed by atoms with E-state index in [0.29, 0.717) is 12.8 Å². The lowest BCUT2D eigenvalue weighted by molar-refractivity contribution is -0.141. The second kappa shape index (κ2) is 29.2. The molecule has 0 heterocycles. The number of ether oxygens (including phenoxy) is 2. The molecule has 4 heteroatoms. The first-order valence-corrected chi connectivity index (χ1v) is 15.3. The monoisotopic (exact) mass is 496 g/mol. The van der Waals surface area contributed by atoms with Crippen LogP contribution in [0.5, 0.6) is 0 Å². The Labute approximate surface area is 218 Å². The average Bonchev–Trinajstić information content (AvgIpc) is 2.87. The first kappa shape index (κ1) is 33.9. The van der Waals surface area contributed by atoms with E-state index in [1.54, 1.807) is 0 Å². The maximum absolute atomic E-state index is 11.0. The Morgan fingerprint density at radius 1 is 0.314 bits per heavy atom. The Morgan fingerprint density at radius 3 is 0.600 bits per heavy atom. The Hall–Kier alpha value is -1.06. The fraction of sp³-hybridized carbons (Fsp3) is 0.935. The lowest BCUT2D eigenvalue weighted by Crippen LogP contribution is -1.99. The van der Waals surface area contributed by atoms with E-state index in [-0.39, 0.29) is 11.9 Å². The summed E-state index contributed by atoms with van der Waals surface area (Å²) < 4.78 is 9.33. The predicted octanol–water partition coefficient (Wildman–Crippen LogP) is 9.87. The Morgan fingerprint density at radius 2 is 0.457 bits per heavy atom. The third-order valence-electron chi connectivity index (χ3n) is 7.22. The van der Waals surface area contributed by atoms with Gasteiger partial charge in [0.15, 0.2) is 0 Å². The van der Waals surface area contributed by atoms with Crippen molar-refractivity contribution in [1.29, 1.82) is 0 Å². The fourth-order valence-electron chi connectivity index (χ4n) is 4.81. The number of methoxy groups -OCH3 is 2. The first-order valence-electron chi connectivity index (χ1n) is 15.3. The van der Waals surface area contributed by atoms with Crippen molar-refractivity contribution >= 4 is 11.9 Å². The van der Waals surface area contributed by atoms with Crippen LogP contribution in [0.25, 0.3) is 0 Å². The lowest BCUT2D eigenvalue weighted by Gasteiger charge is -2.04. The molecule has 0 aromatic rings. The van der Waals surface area contributed by atoms with Crippen molar-refractivity contribution in [2.45, 2.75) is 173 Å². The summed E-state index contributed by atoms with van der Waals surface area (Å²) in [5.41, 5.74) is 0. The molecule has 0 fully saturated rings. The van der Waals surface area contributed by atoms with E-state index in [0.717, 1.165) is 25.7 Å². The highest BCUT2D eigenvalue weighted by Gasteiger charge is 2.00. The summed E-state index contributed by atoms with van der Waals surface area (Å²) in [6.45, 7) is 0. The molecule has 0 aromatic heterocycles. The van der Waals surface area contributed by atoms with Gasteiger partial charge in [0.1, 0.15) is 0 Å². The van der Waals surface area contributed by atoms with Crippen LogP contribution in [-0.2, 0) is 19.1 Å². The van der Waals surface area contributed by atoms with Crippen LogP contribution in [0.15, 0.2) is 0 Å². The van der Waals surface area contributed by atoms with E-state index >= 15 is 0 Å². The number of hydrogen-bond donors (Lipinski definition) is 0. The maximum atomic E-state index is 11.0. The Balaban J connectivity index is 3.05. The van der Waals surface area contributed by atoms with Gasteiger partial charge >= 0.3 is 11.9 Å². The molecule has 0 N–H and O–H groups in total. The third kappa shape index (κ3) is 29.1. The highest BCUT2D eigenvalue weighted by atomic mass is 16.5. The van der Waals surface area contributed by atoms with Gasteiger partial charge < -0.3 is 9.47 Å². The van der Waals surface area contributed by atoms with Crippen LogP contribution in [0.2, 0.25) is 0 Å². The number of esters is 2. The number of unbranched alkanes of at least 4 members (excludes halogenated alkanes) is 24. The predicted molar refractivity (Wildman–Crippen MR) is 149 cm³/mol. The van der Waals surface area contributed by atoms with Gasteiger partial charge in [-0.25, -0.2) is 0 Å². The third-order valence-corrected chi connectivity index (χ3v) is 7.22. The molecular weight excluding hydrogens is 436 g/mol. The standard InChI is InChI=1S/C31H60O4/c1-34-30(32)28-26-24-22-20-18-16-14-12-10-8-6-4-3-5-7-9-11-13-15-17-19-21-23-25-27-29-31(33)35-2/h3-29H2,1-2H3. The van der Waals surface area contributed by atoms with E-state index in [1.165, 1.54) is 149 Å². The summed E-state index contributed by atoms with van der Waals surface area (Å²) in [5.74, 6) is -0.137. The lowest BCUT2D eigenvalue weighted by atomic mass is 10.0. The van der Waals surface area contributed by atoms with E-state index < -0.39 is 0 Å². The molecule has 0 unspecified atom stereocenters. The molecule has 0 bridgehead atoms. The quantitative estimate of drug-likeness (QED) is 0.0798. The minimum absolute atomic E-state index is 0.0687. The molecule has 0 spiro atoms. The molecule has 0 atom stereocenters. The highest BCUT2D eigenvalue weighted by molar-refractivity contribution is 5.69. The molecule has 0 rings (SSSR count). The fourth-order valence-corrected chi connectivity index (χ4v) is 4.81. The molecule has 0 saturated carbocycles. The van der Waals surface area contributed by atoms with Crippen LogP contribution in [0.3, 0.4) is 0 Å². The van der Waals surface area contributed by atoms with Gasteiger partial charge in [-0.15, -0.1) is 0 Å². The van der Waals surface area contributed by atoms with Crippen LogP contribution in [0.4, 0.5) is 0 Å². The second-order valence-electron chi connectivity index (χ2n) is 10.5. The average molecular weight is 497 g/mol. The van der Waals surface area contributed by atoms with E-state index in [9.17, 15) is 9.59 Å². The molecule has 35 heavy (non-hydrogen) atoms. The number of hydrogen-bond acceptors (Lipinski definition) is 4. The van der Waals surface area contributed by atoms with Crippen molar-refractivity contribution in [3.05, 3.63) is 0 Å². The van der Waals surface area contributed by atoms with E-state index in [4.69, 9.17) is 0 Å². The molecular formula is C31H60O4. The van der Waals surface area contributed by atoms with E-state index in [1.807, 2.05) is 0 Å². The Kier molecular flexibility index (Phi) is 28.3. The molecule has 0 saturated heterocycles. The van der Waals surface area contributed by atoms with Crippen LogP contribution in [-0.4, -0.2) is 26.2 Å². The molecule has 4 nitrogen and oxygen atoms in total. The van der Waals surface area contributed by atoms with Gasteiger partial charge in [0.05, 0.1) is 14.2 Å². The summed E-state index contributed by atoms with van der Waals surface area (Å²) in [6.07, 6.45) is 34.6. The number of rotatable bonds is 28. The van der Waals surface area contributed by atoms with Gasteiger partial charge in [0.25, 0.3) is 0 Å². The van der Waals surface area contributed by atoms with E-state index in [2.05, 4.69) is 9.47 Å². The Bertz CT molecular complexity index is 409. The van der Waals surface area contributed by atoms with Crippen molar-refractivity contribution in [3.8, 4) is 0 Å². The summed E-state index contributed by atoms with van der Waals surface area (Å²) in [7, 11) is 2.94. The molecule has 208 valence electrons. The molecule has 0 amide bonds. The van der Waals surface area contributed by atoms with Crippen molar-refractivity contribution in [2.75, 3.05) is 14.2 Å². The number of carbonyl (C=O) groups excluding carboxylic acids is 2. The SMILES string of the molecule is COC(=O)CCCCCCCCCCCCCCCCCCCCCCCCCCCC(=O)OC. The minimum atomic E-state index is -0.0687. The zero-order valence-electron chi connectivity index (χ0n) is 23.7. The molecule has 0 radical (unpaired) electrons. The van der Waals surface area contributed by atoms with Crippen molar-refractivity contribution in [2.24, 2.45) is 0 Å². The minimum Gasteiger partial charge on any atom is -0.469 e.